The maximum Gasteiger partial charge on any atom is 0.0591 e. The maximum absolute atomic E-state index is 5.45. The summed E-state index contributed by atoms with van der Waals surface area (Å²) in [6.45, 7) is 3.42. The van der Waals surface area contributed by atoms with Crippen molar-refractivity contribution in [2.45, 2.75) is 18.9 Å². The lowest BCUT2D eigenvalue weighted by Gasteiger charge is -2.10. The van der Waals surface area contributed by atoms with Gasteiger partial charge in [0.1, 0.15) is 0 Å². The summed E-state index contributed by atoms with van der Waals surface area (Å²) in [7, 11) is 1.72. The van der Waals surface area contributed by atoms with Crippen LogP contribution in [0.1, 0.15) is 12.8 Å². The Balaban J connectivity index is 1.75. The van der Waals surface area contributed by atoms with Crippen molar-refractivity contribution in [3.63, 3.8) is 0 Å². The molecule has 1 atom stereocenters. The highest BCUT2D eigenvalue weighted by molar-refractivity contribution is 7.99. The van der Waals surface area contributed by atoms with Gasteiger partial charge in [0.25, 0.3) is 0 Å². The summed E-state index contributed by atoms with van der Waals surface area (Å²) in [5.74, 6) is 2.58. The first-order valence-corrected chi connectivity index (χ1v) is 6.47. The van der Waals surface area contributed by atoms with Crippen molar-refractivity contribution in [3.8, 4) is 0 Å². The number of nitrogens with one attached hydrogen (secondary N) is 1. The molecule has 14 heavy (non-hydrogen) atoms. The summed E-state index contributed by atoms with van der Waals surface area (Å²) in [6.07, 6.45) is 2.31. The van der Waals surface area contributed by atoms with E-state index in [0.717, 1.165) is 38.8 Å². The first kappa shape index (κ1) is 12.3. The van der Waals surface area contributed by atoms with Gasteiger partial charge in [-0.25, -0.2) is 0 Å². The summed E-state index contributed by atoms with van der Waals surface area (Å²) in [5.41, 5.74) is 0. The van der Waals surface area contributed by atoms with Gasteiger partial charge in [-0.05, 0) is 18.6 Å². The van der Waals surface area contributed by atoms with Crippen LogP contribution in [0.3, 0.4) is 0 Å². The number of ether oxygens (including phenoxy) is 2. The van der Waals surface area contributed by atoms with Gasteiger partial charge in [0.15, 0.2) is 0 Å². The van der Waals surface area contributed by atoms with Gasteiger partial charge in [-0.1, -0.05) is 0 Å². The van der Waals surface area contributed by atoms with E-state index >= 15 is 0 Å². The molecule has 1 rings (SSSR count). The summed E-state index contributed by atoms with van der Waals surface area (Å²) in [6, 6.07) is 0.725. The van der Waals surface area contributed by atoms with E-state index in [9.17, 15) is 0 Å². The lowest BCUT2D eigenvalue weighted by Crippen LogP contribution is -2.31. The topological polar surface area (TPSA) is 30.5 Å². The SMILES string of the molecule is COCCCOCCNC1CCSC1. The summed E-state index contributed by atoms with van der Waals surface area (Å²) >= 11 is 2.04. The molecule has 1 N–H and O–H groups in total. The molecule has 0 aromatic carbocycles. The predicted octanol–water partition coefficient (Wildman–Crippen LogP) is 1.13. The average molecular weight is 219 g/mol. The second-order valence-corrected chi connectivity index (χ2v) is 4.62. The zero-order valence-electron chi connectivity index (χ0n) is 8.96. The molecular formula is C10H21NO2S. The van der Waals surface area contributed by atoms with Crippen LogP contribution in [-0.2, 0) is 9.47 Å². The fraction of sp³-hybridized carbons (Fsp3) is 1.00. The molecule has 1 aliphatic heterocycles. The summed E-state index contributed by atoms with van der Waals surface area (Å²) in [5, 5.41) is 3.50. The third-order valence-electron chi connectivity index (χ3n) is 2.25. The predicted molar refractivity (Wildman–Crippen MR) is 61.0 cm³/mol. The highest BCUT2D eigenvalue weighted by Gasteiger charge is 2.13. The van der Waals surface area contributed by atoms with Crippen molar-refractivity contribution in [2.75, 3.05) is 45.0 Å². The Bertz CT molecular complexity index is 129. The molecule has 0 saturated carbocycles. The zero-order chi connectivity index (χ0) is 10.1. The third-order valence-corrected chi connectivity index (χ3v) is 3.41. The monoisotopic (exact) mass is 219 g/mol. The summed E-state index contributed by atoms with van der Waals surface area (Å²) < 4.78 is 10.4. The van der Waals surface area contributed by atoms with E-state index in [1.807, 2.05) is 11.8 Å². The van der Waals surface area contributed by atoms with Gasteiger partial charge in [-0.15, -0.1) is 0 Å². The van der Waals surface area contributed by atoms with Crippen molar-refractivity contribution in [3.05, 3.63) is 0 Å². The van der Waals surface area contributed by atoms with Gasteiger partial charge >= 0.3 is 0 Å². The van der Waals surface area contributed by atoms with Crippen LogP contribution < -0.4 is 5.32 Å². The molecular weight excluding hydrogens is 198 g/mol. The lowest BCUT2D eigenvalue weighted by molar-refractivity contribution is 0.103. The molecule has 3 nitrogen and oxygen atoms in total. The third kappa shape index (κ3) is 5.86. The van der Waals surface area contributed by atoms with Crippen LogP contribution in [0.25, 0.3) is 0 Å². The smallest absolute Gasteiger partial charge is 0.0591 e. The number of methoxy groups -OCH3 is 1. The van der Waals surface area contributed by atoms with Gasteiger partial charge in [0, 0.05) is 38.7 Å². The first-order chi connectivity index (χ1) is 6.93. The molecule has 0 bridgehead atoms. The molecule has 84 valence electrons. The molecule has 4 heteroatoms. The molecule has 1 heterocycles. The van der Waals surface area contributed by atoms with Gasteiger partial charge < -0.3 is 14.8 Å². The Hall–Kier alpha value is 0.230. The van der Waals surface area contributed by atoms with Gasteiger partial charge in [-0.2, -0.15) is 11.8 Å². The van der Waals surface area contributed by atoms with Crippen molar-refractivity contribution >= 4 is 11.8 Å². The molecule has 1 saturated heterocycles. The van der Waals surface area contributed by atoms with Crippen LogP contribution in [0.4, 0.5) is 0 Å². The Kier molecular flexibility index (Phi) is 7.50. The number of hydrogen-bond acceptors (Lipinski definition) is 4. The second kappa shape index (κ2) is 8.53. The van der Waals surface area contributed by atoms with E-state index in [1.54, 1.807) is 7.11 Å². The fourth-order valence-electron chi connectivity index (χ4n) is 1.44. The highest BCUT2D eigenvalue weighted by atomic mass is 32.2. The Morgan fingerprint density at radius 2 is 2.29 bits per heavy atom. The molecule has 0 radical (unpaired) electrons. The quantitative estimate of drug-likeness (QED) is 0.620. The van der Waals surface area contributed by atoms with Crippen LogP contribution >= 0.6 is 11.8 Å². The van der Waals surface area contributed by atoms with Crippen LogP contribution in [0.15, 0.2) is 0 Å². The molecule has 0 amide bonds. The van der Waals surface area contributed by atoms with Gasteiger partial charge in [0.05, 0.1) is 6.61 Å². The minimum absolute atomic E-state index is 0.725. The van der Waals surface area contributed by atoms with Crippen LogP contribution in [0.2, 0.25) is 0 Å². The molecule has 0 spiro atoms. The molecule has 1 aliphatic rings. The standard InChI is InChI=1S/C10H21NO2S/c1-12-5-2-6-13-7-4-11-10-3-8-14-9-10/h10-11H,2-9H2,1H3. The Labute approximate surface area is 90.9 Å². The van der Waals surface area contributed by atoms with Crippen LogP contribution in [0, 0.1) is 0 Å². The van der Waals surface area contributed by atoms with Gasteiger partial charge in [-0.3, -0.25) is 0 Å². The summed E-state index contributed by atoms with van der Waals surface area (Å²) in [4.78, 5) is 0. The van der Waals surface area contributed by atoms with E-state index in [1.165, 1.54) is 17.9 Å². The fourth-order valence-corrected chi connectivity index (χ4v) is 2.62. The van der Waals surface area contributed by atoms with Crippen LogP contribution in [-0.4, -0.2) is 51.0 Å². The van der Waals surface area contributed by atoms with E-state index in [2.05, 4.69) is 5.32 Å². The Morgan fingerprint density at radius 1 is 1.36 bits per heavy atom. The first-order valence-electron chi connectivity index (χ1n) is 5.31. The van der Waals surface area contributed by atoms with Crippen molar-refractivity contribution in [2.24, 2.45) is 0 Å². The molecule has 0 aliphatic carbocycles. The van der Waals surface area contributed by atoms with Crippen molar-refractivity contribution in [1.82, 2.24) is 5.32 Å². The average Bonchev–Trinajstić information content (AvgIpc) is 2.69. The van der Waals surface area contributed by atoms with Crippen molar-refractivity contribution < 1.29 is 9.47 Å². The van der Waals surface area contributed by atoms with E-state index < -0.39 is 0 Å². The molecule has 1 fully saturated rings. The second-order valence-electron chi connectivity index (χ2n) is 3.47. The molecule has 0 aromatic rings. The van der Waals surface area contributed by atoms with E-state index in [4.69, 9.17) is 9.47 Å². The van der Waals surface area contributed by atoms with Gasteiger partial charge in [0.2, 0.25) is 0 Å². The minimum Gasteiger partial charge on any atom is -0.385 e. The van der Waals surface area contributed by atoms with Crippen LogP contribution in [0.5, 0.6) is 0 Å². The lowest BCUT2D eigenvalue weighted by atomic mass is 10.3. The normalized spacial score (nSPS) is 21.6. The largest absolute Gasteiger partial charge is 0.385 e. The number of rotatable bonds is 8. The Morgan fingerprint density at radius 3 is 3.00 bits per heavy atom. The highest BCUT2D eigenvalue weighted by Crippen LogP contribution is 2.16. The molecule has 1 unspecified atom stereocenters. The number of thioether (sulfide) groups is 1. The zero-order valence-corrected chi connectivity index (χ0v) is 9.78. The maximum atomic E-state index is 5.45. The molecule has 0 aromatic heterocycles. The number of hydrogen-bond donors (Lipinski definition) is 1. The van der Waals surface area contributed by atoms with E-state index in [-0.39, 0.29) is 0 Å². The minimum atomic E-state index is 0.725. The van der Waals surface area contributed by atoms with E-state index in [0.29, 0.717) is 0 Å². The van der Waals surface area contributed by atoms with Crippen molar-refractivity contribution in [1.29, 1.82) is 0 Å².